The SMILES string of the molecule is CCCN1CCC(Nc2ccc(C)c([N+](=O)[O-])c2)CC1. The smallest absolute Gasteiger partial charge is 0.274 e. The Morgan fingerprint density at radius 1 is 1.40 bits per heavy atom. The highest BCUT2D eigenvalue weighted by molar-refractivity contribution is 5.55. The van der Waals surface area contributed by atoms with Gasteiger partial charge in [0.2, 0.25) is 0 Å². The number of benzene rings is 1. The van der Waals surface area contributed by atoms with Gasteiger partial charge in [-0.25, -0.2) is 0 Å². The molecule has 0 bridgehead atoms. The molecule has 110 valence electrons. The number of hydrogen-bond acceptors (Lipinski definition) is 4. The molecule has 1 aliphatic rings. The summed E-state index contributed by atoms with van der Waals surface area (Å²) in [5, 5.41) is 14.4. The molecule has 1 aromatic carbocycles. The van der Waals surface area contributed by atoms with Crippen LogP contribution in [0.1, 0.15) is 31.7 Å². The molecule has 0 aromatic heterocycles. The minimum absolute atomic E-state index is 0.193. The topological polar surface area (TPSA) is 58.4 Å². The molecule has 1 heterocycles. The van der Waals surface area contributed by atoms with Gasteiger partial charge in [-0.2, -0.15) is 0 Å². The quantitative estimate of drug-likeness (QED) is 0.663. The molecule has 1 saturated heterocycles. The molecule has 1 aliphatic heterocycles. The highest BCUT2D eigenvalue weighted by Crippen LogP contribution is 2.24. The van der Waals surface area contributed by atoms with Gasteiger partial charge in [0.05, 0.1) is 4.92 Å². The lowest BCUT2D eigenvalue weighted by Gasteiger charge is -2.32. The van der Waals surface area contributed by atoms with Crippen LogP contribution in [-0.4, -0.2) is 35.5 Å². The number of rotatable bonds is 5. The van der Waals surface area contributed by atoms with E-state index in [0.717, 1.165) is 31.6 Å². The van der Waals surface area contributed by atoms with Crippen molar-refractivity contribution in [1.82, 2.24) is 4.90 Å². The lowest BCUT2D eigenvalue weighted by Crippen LogP contribution is -2.39. The van der Waals surface area contributed by atoms with Crippen molar-refractivity contribution in [3.05, 3.63) is 33.9 Å². The number of likely N-dealkylation sites (tertiary alicyclic amines) is 1. The maximum atomic E-state index is 11.0. The van der Waals surface area contributed by atoms with Crippen molar-refractivity contribution in [3.8, 4) is 0 Å². The second kappa shape index (κ2) is 6.70. The van der Waals surface area contributed by atoms with E-state index in [4.69, 9.17) is 0 Å². The zero-order valence-electron chi connectivity index (χ0n) is 12.3. The highest BCUT2D eigenvalue weighted by atomic mass is 16.6. The van der Waals surface area contributed by atoms with Crippen molar-refractivity contribution in [2.75, 3.05) is 25.0 Å². The summed E-state index contributed by atoms with van der Waals surface area (Å²) in [6.45, 7) is 7.36. The van der Waals surface area contributed by atoms with Gasteiger partial charge < -0.3 is 10.2 Å². The van der Waals surface area contributed by atoms with Crippen LogP contribution in [0, 0.1) is 17.0 Å². The molecule has 0 amide bonds. The molecule has 1 aromatic rings. The Bertz CT molecular complexity index is 468. The molecule has 0 spiro atoms. The van der Waals surface area contributed by atoms with Gasteiger partial charge in [-0.05, 0) is 38.8 Å². The summed E-state index contributed by atoms with van der Waals surface area (Å²) in [7, 11) is 0. The van der Waals surface area contributed by atoms with Crippen LogP contribution in [0.5, 0.6) is 0 Å². The molecular weight excluding hydrogens is 254 g/mol. The van der Waals surface area contributed by atoms with Crippen LogP contribution in [0.2, 0.25) is 0 Å². The number of hydrogen-bond donors (Lipinski definition) is 1. The molecule has 1 N–H and O–H groups in total. The summed E-state index contributed by atoms with van der Waals surface area (Å²) in [6.07, 6.45) is 3.39. The minimum Gasteiger partial charge on any atom is -0.382 e. The fourth-order valence-electron chi connectivity index (χ4n) is 2.75. The van der Waals surface area contributed by atoms with Crippen molar-refractivity contribution in [2.24, 2.45) is 0 Å². The number of anilines is 1. The molecule has 0 unspecified atom stereocenters. The largest absolute Gasteiger partial charge is 0.382 e. The van der Waals surface area contributed by atoms with E-state index in [1.165, 1.54) is 13.0 Å². The summed E-state index contributed by atoms with van der Waals surface area (Å²) in [4.78, 5) is 13.1. The van der Waals surface area contributed by atoms with Gasteiger partial charge >= 0.3 is 0 Å². The van der Waals surface area contributed by atoms with Crippen LogP contribution in [0.3, 0.4) is 0 Å². The summed E-state index contributed by atoms with van der Waals surface area (Å²) < 4.78 is 0. The first kappa shape index (κ1) is 14.8. The number of nitro benzene ring substituents is 1. The number of nitrogens with one attached hydrogen (secondary N) is 1. The van der Waals surface area contributed by atoms with Crippen molar-refractivity contribution in [1.29, 1.82) is 0 Å². The van der Waals surface area contributed by atoms with Crippen LogP contribution in [0.15, 0.2) is 18.2 Å². The third kappa shape index (κ3) is 3.70. The second-order valence-electron chi connectivity index (χ2n) is 5.52. The van der Waals surface area contributed by atoms with E-state index < -0.39 is 0 Å². The third-order valence-corrected chi connectivity index (χ3v) is 3.90. The van der Waals surface area contributed by atoms with Crippen molar-refractivity contribution in [2.45, 2.75) is 39.2 Å². The normalized spacial score (nSPS) is 17.1. The Hall–Kier alpha value is -1.62. The maximum absolute atomic E-state index is 11.0. The average molecular weight is 277 g/mol. The number of piperidine rings is 1. The third-order valence-electron chi connectivity index (χ3n) is 3.90. The van der Waals surface area contributed by atoms with Crippen molar-refractivity contribution < 1.29 is 4.92 Å². The Balaban J connectivity index is 1.94. The van der Waals surface area contributed by atoms with Gasteiger partial charge in [0.15, 0.2) is 0 Å². The molecule has 2 rings (SSSR count). The molecule has 5 nitrogen and oxygen atoms in total. The summed E-state index contributed by atoms with van der Waals surface area (Å²) in [5.74, 6) is 0. The lowest BCUT2D eigenvalue weighted by atomic mass is 10.0. The summed E-state index contributed by atoms with van der Waals surface area (Å²) in [5.41, 5.74) is 1.76. The van der Waals surface area contributed by atoms with E-state index in [1.54, 1.807) is 13.0 Å². The maximum Gasteiger partial charge on any atom is 0.274 e. The number of nitro groups is 1. The molecule has 0 atom stereocenters. The van der Waals surface area contributed by atoms with Gasteiger partial charge in [0, 0.05) is 36.4 Å². The first-order valence-corrected chi connectivity index (χ1v) is 7.34. The van der Waals surface area contributed by atoms with Crippen LogP contribution in [0.4, 0.5) is 11.4 Å². The fraction of sp³-hybridized carbons (Fsp3) is 0.600. The minimum atomic E-state index is -0.315. The Labute approximate surface area is 120 Å². The van der Waals surface area contributed by atoms with E-state index in [1.807, 2.05) is 12.1 Å². The Morgan fingerprint density at radius 3 is 2.70 bits per heavy atom. The average Bonchev–Trinajstić information content (AvgIpc) is 2.43. The zero-order chi connectivity index (χ0) is 14.5. The Kier molecular flexibility index (Phi) is 4.95. The molecule has 0 saturated carbocycles. The van der Waals surface area contributed by atoms with Crippen molar-refractivity contribution in [3.63, 3.8) is 0 Å². The van der Waals surface area contributed by atoms with Gasteiger partial charge in [0.1, 0.15) is 0 Å². The van der Waals surface area contributed by atoms with E-state index in [2.05, 4.69) is 17.1 Å². The van der Waals surface area contributed by atoms with Crippen LogP contribution >= 0.6 is 0 Å². The lowest BCUT2D eigenvalue weighted by molar-refractivity contribution is -0.385. The summed E-state index contributed by atoms with van der Waals surface area (Å²) >= 11 is 0. The standard InChI is InChI=1S/C15H23N3O2/c1-3-8-17-9-6-13(7-10-17)16-14-5-4-12(2)15(11-14)18(19)20/h4-5,11,13,16H,3,6-10H2,1-2H3. The van der Waals surface area contributed by atoms with Crippen LogP contribution in [-0.2, 0) is 0 Å². The molecule has 1 fully saturated rings. The second-order valence-corrected chi connectivity index (χ2v) is 5.52. The fourth-order valence-corrected chi connectivity index (χ4v) is 2.75. The van der Waals surface area contributed by atoms with E-state index >= 15 is 0 Å². The molecular formula is C15H23N3O2. The first-order valence-electron chi connectivity index (χ1n) is 7.34. The predicted octanol–water partition coefficient (Wildman–Crippen LogP) is 3.19. The molecule has 0 aliphatic carbocycles. The van der Waals surface area contributed by atoms with Crippen LogP contribution in [0.25, 0.3) is 0 Å². The summed E-state index contributed by atoms with van der Waals surface area (Å²) in [6, 6.07) is 5.81. The molecule has 20 heavy (non-hydrogen) atoms. The van der Waals surface area contributed by atoms with E-state index in [0.29, 0.717) is 11.6 Å². The Morgan fingerprint density at radius 2 is 2.10 bits per heavy atom. The van der Waals surface area contributed by atoms with Crippen molar-refractivity contribution >= 4 is 11.4 Å². The van der Waals surface area contributed by atoms with Crippen LogP contribution < -0.4 is 5.32 Å². The van der Waals surface area contributed by atoms with Gasteiger partial charge in [-0.3, -0.25) is 10.1 Å². The number of aryl methyl sites for hydroxylation is 1. The van der Waals surface area contributed by atoms with E-state index in [9.17, 15) is 10.1 Å². The van der Waals surface area contributed by atoms with E-state index in [-0.39, 0.29) is 10.6 Å². The van der Waals surface area contributed by atoms with Gasteiger partial charge in [-0.15, -0.1) is 0 Å². The van der Waals surface area contributed by atoms with Gasteiger partial charge in [-0.1, -0.05) is 13.0 Å². The number of nitrogens with zero attached hydrogens (tertiary/aromatic N) is 2. The van der Waals surface area contributed by atoms with Gasteiger partial charge in [0.25, 0.3) is 5.69 Å². The molecule has 0 radical (unpaired) electrons. The zero-order valence-corrected chi connectivity index (χ0v) is 12.3. The predicted molar refractivity (Wildman–Crippen MR) is 81.2 cm³/mol. The first-order chi connectivity index (χ1) is 9.60. The molecule has 5 heteroatoms. The highest BCUT2D eigenvalue weighted by Gasteiger charge is 2.19. The monoisotopic (exact) mass is 277 g/mol.